The van der Waals surface area contributed by atoms with Gasteiger partial charge in [-0.3, -0.25) is 9.69 Å². The van der Waals surface area contributed by atoms with E-state index in [9.17, 15) is 9.59 Å². The molecule has 78 valence electrons. The van der Waals surface area contributed by atoms with Crippen molar-refractivity contribution >= 4 is 11.9 Å². The third-order valence-corrected chi connectivity index (χ3v) is 1.67. The average molecular weight is 197 g/mol. The van der Waals surface area contributed by atoms with E-state index in [0.717, 1.165) is 0 Å². The van der Waals surface area contributed by atoms with Gasteiger partial charge in [0, 0.05) is 19.2 Å². The molecule has 14 heavy (non-hydrogen) atoms. The monoisotopic (exact) mass is 197 g/mol. The summed E-state index contributed by atoms with van der Waals surface area (Å²) >= 11 is 0. The van der Waals surface area contributed by atoms with Crippen molar-refractivity contribution < 1.29 is 14.3 Å². The summed E-state index contributed by atoms with van der Waals surface area (Å²) in [4.78, 5) is 23.7. The zero-order valence-electron chi connectivity index (χ0n) is 8.74. The molecule has 0 aromatic rings. The molecule has 4 heteroatoms. The van der Waals surface area contributed by atoms with Crippen molar-refractivity contribution in [2.24, 2.45) is 0 Å². The Morgan fingerprint density at radius 2 is 2.14 bits per heavy atom. The molecule has 0 aromatic heterocycles. The summed E-state index contributed by atoms with van der Waals surface area (Å²) in [6.45, 7) is 5.83. The Labute approximate surface area is 83.5 Å². The van der Waals surface area contributed by atoms with Crippen LogP contribution in [0.25, 0.3) is 0 Å². The molecule has 0 N–H and O–H groups in total. The Morgan fingerprint density at radius 3 is 2.57 bits per heavy atom. The fourth-order valence-electron chi connectivity index (χ4n) is 1.03. The van der Waals surface area contributed by atoms with Crippen LogP contribution < -0.4 is 0 Å². The summed E-state index contributed by atoms with van der Waals surface area (Å²) in [5.74, 6) is 0.0461. The molecule has 1 amide bonds. The number of amides is 1. The summed E-state index contributed by atoms with van der Waals surface area (Å²) in [6, 6.07) is 0. The van der Waals surface area contributed by atoms with Gasteiger partial charge < -0.3 is 4.74 Å². The summed E-state index contributed by atoms with van der Waals surface area (Å²) < 4.78 is 5.14. The third-order valence-electron chi connectivity index (χ3n) is 1.67. The fraction of sp³-hybridized carbons (Fsp3) is 0.600. The van der Waals surface area contributed by atoms with E-state index in [4.69, 9.17) is 4.74 Å². The highest BCUT2D eigenvalue weighted by atomic mass is 16.6. The van der Waals surface area contributed by atoms with E-state index in [0.29, 0.717) is 13.0 Å². The van der Waals surface area contributed by atoms with E-state index in [1.54, 1.807) is 0 Å². The van der Waals surface area contributed by atoms with Crippen molar-refractivity contribution in [2.75, 3.05) is 6.54 Å². The number of ketones is 1. The van der Waals surface area contributed by atoms with Gasteiger partial charge in [0.15, 0.2) is 5.78 Å². The van der Waals surface area contributed by atoms with Crippen molar-refractivity contribution in [1.82, 2.24) is 4.90 Å². The molecule has 4 nitrogen and oxygen atoms in total. The summed E-state index contributed by atoms with van der Waals surface area (Å²) in [5.41, 5.74) is -0.494. The molecular weight excluding hydrogens is 182 g/mol. The van der Waals surface area contributed by atoms with E-state index in [-0.39, 0.29) is 5.78 Å². The van der Waals surface area contributed by atoms with Gasteiger partial charge in [-0.1, -0.05) is 0 Å². The molecule has 0 aromatic carbocycles. The van der Waals surface area contributed by atoms with Gasteiger partial charge >= 0.3 is 6.09 Å². The first-order chi connectivity index (χ1) is 6.38. The molecule has 0 saturated carbocycles. The van der Waals surface area contributed by atoms with Gasteiger partial charge in [0.05, 0.1) is 0 Å². The molecule has 1 aliphatic rings. The second kappa shape index (κ2) is 3.82. The number of ether oxygens (including phenoxy) is 1. The normalized spacial score (nSPS) is 17.1. The Balaban J connectivity index is 2.54. The molecule has 0 aliphatic carbocycles. The standard InChI is InChI=1S/C10H15NO3/c1-10(2,3)14-9(13)11-6-4-8(12)5-7-11/h4,6H,5,7H2,1-3H3. The highest BCUT2D eigenvalue weighted by Gasteiger charge is 2.22. The molecular formula is C10H15NO3. The maximum Gasteiger partial charge on any atom is 0.414 e. The molecule has 0 radical (unpaired) electrons. The predicted molar refractivity (Wildman–Crippen MR) is 51.7 cm³/mol. The Hall–Kier alpha value is -1.32. The van der Waals surface area contributed by atoms with Crippen LogP contribution in [-0.2, 0) is 9.53 Å². The number of allylic oxidation sites excluding steroid dienone is 1. The summed E-state index contributed by atoms with van der Waals surface area (Å²) in [5, 5.41) is 0. The molecule has 0 atom stereocenters. The molecule has 0 unspecified atom stereocenters. The highest BCUT2D eigenvalue weighted by molar-refractivity contribution is 5.91. The Bertz CT molecular complexity index is 276. The quantitative estimate of drug-likeness (QED) is 0.594. The number of rotatable bonds is 0. The van der Waals surface area contributed by atoms with Crippen LogP contribution in [0.15, 0.2) is 12.3 Å². The fourth-order valence-corrected chi connectivity index (χ4v) is 1.03. The van der Waals surface area contributed by atoms with Gasteiger partial charge in [-0.15, -0.1) is 0 Å². The Morgan fingerprint density at radius 1 is 1.50 bits per heavy atom. The van der Waals surface area contributed by atoms with Gasteiger partial charge in [0.25, 0.3) is 0 Å². The highest BCUT2D eigenvalue weighted by Crippen LogP contribution is 2.12. The minimum atomic E-state index is -0.494. The van der Waals surface area contributed by atoms with Gasteiger partial charge in [-0.25, -0.2) is 4.79 Å². The first-order valence-electron chi connectivity index (χ1n) is 4.59. The topological polar surface area (TPSA) is 46.6 Å². The van der Waals surface area contributed by atoms with Crippen molar-refractivity contribution in [1.29, 1.82) is 0 Å². The summed E-state index contributed by atoms with van der Waals surface area (Å²) in [6.07, 6.45) is 2.84. The number of carbonyl (C=O) groups is 2. The minimum absolute atomic E-state index is 0.0461. The van der Waals surface area contributed by atoms with Crippen LogP contribution in [-0.4, -0.2) is 28.9 Å². The lowest BCUT2D eigenvalue weighted by Gasteiger charge is -2.26. The van der Waals surface area contributed by atoms with Gasteiger partial charge in [0.1, 0.15) is 5.60 Å². The number of carbonyl (C=O) groups excluding carboxylic acids is 2. The smallest absolute Gasteiger partial charge is 0.414 e. The average Bonchev–Trinajstić information content (AvgIpc) is 2.02. The lowest BCUT2D eigenvalue weighted by molar-refractivity contribution is -0.115. The van der Waals surface area contributed by atoms with E-state index in [1.807, 2.05) is 20.8 Å². The molecule has 1 heterocycles. The van der Waals surface area contributed by atoms with Crippen molar-refractivity contribution in [3.05, 3.63) is 12.3 Å². The molecule has 1 aliphatic heterocycles. The van der Waals surface area contributed by atoms with Crippen LogP contribution in [0.2, 0.25) is 0 Å². The van der Waals surface area contributed by atoms with Crippen molar-refractivity contribution in [3.8, 4) is 0 Å². The maximum atomic E-state index is 11.5. The zero-order valence-corrected chi connectivity index (χ0v) is 8.74. The number of hydrogen-bond acceptors (Lipinski definition) is 3. The van der Waals surface area contributed by atoms with Gasteiger partial charge in [-0.2, -0.15) is 0 Å². The van der Waals surface area contributed by atoms with Crippen LogP contribution >= 0.6 is 0 Å². The first kappa shape index (κ1) is 10.8. The van der Waals surface area contributed by atoms with E-state index in [2.05, 4.69) is 0 Å². The molecule has 0 bridgehead atoms. The molecule has 1 rings (SSSR count). The van der Waals surface area contributed by atoms with Crippen LogP contribution in [0.1, 0.15) is 27.2 Å². The minimum Gasteiger partial charge on any atom is -0.443 e. The summed E-state index contributed by atoms with van der Waals surface area (Å²) in [7, 11) is 0. The van der Waals surface area contributed by atoms with Crippen LogP contribution in [0, 0.1) is 0 Å². The number of nitrogens with zero attached hydrogens (tertiary/aromatic N) is 1. The number of hydrogen-bond donors (Lipinski definition) is 0. The van der Waals surface area contributed by atoms with Gasteiger partial charge in [-0.05, 0) is 26.8 Å². The van der Waals surface area contributed by atoms with Crippen LogP contribution in [0.4, 0.5) is 4.79 Å². The second-order valence-electron chi connectivity index (χ2n) is 4.21. The Kier molecular flexibility index (Phi) is 2.93. The second-order valence-corrected chi connectivity index (χ2v) is 4.21. The van der Waals surface area contributed by atoms with Crippen LogP contribution in [0.3, 0.4) is 0 Å². The van der Waals surface area contributed by atoms with Crippen LogP contribution in [0.5, 0.6) is 0 Å². The SMILES string of the molecule is CC(C)(C)OC(=O)N1C=CC(=O)CC1. The molecule has 0 fully saturated rings. The van der Waals surface area contributed by atoms with E-state index in [1.165, 1.54) is 17.2 Å². The largest absolute Gasteiger partial charge is 0.443 e. The third kappa shape index (κ3) is 3.20. The lowest BCUT2D eigenvalue weighted by atomic mass is 10.2. The van der Waals surface area contributed by atoms with E-state index < -0.39 is 11.7 Å². The maximum absolute atomic E-state index is 11.5. The molecule has 0 saturated heterocycles. The molecule has 0 spiro atoms. The predicted octanol–water partition coefficient (Wildman–Crippen LogP) is 1.71. The van der Waals surface area contributed by atoms with E-state index >= 15 is 0 Å². The van der Waals surface area contributed by atoms with Crippen molar-refractivity contribution in [2.45, 2.75) is 32.8 Å². The van der Waals surface area contributed by atoms with Crippen molar-refractivity contribution in [3.63, 3.8) is 0 Å². The lowest BCUT2D eigenvalue weighted by Crippen LogP contribution is -2.36. The zero-order chi connectivity index (χ0) is 10.8. The first-order valence-corrected chi connectivity index (χ1v) is 4.59. The van der Waals surface area contributed by atoms with Gasteiger partial charge in [0.2, 0.25) is 0 Å².